The second kappa shape index (κ2) is 13.1. The number of nitrogens with zero attached hydrogens (tertiary/aromatic N) is 2. The van der Waals surface area contributed by atoms with Gasteiger partial charge in [0.25, 0.3) is 5.91 Å². The lowest BCUT2D eigenvalue weighted by molar-refractivity contribution is 0.0939. The minimum absolute atomic E-state index is 0.0150. The molecule has 0 aliphatic carbocycles. The molecule has 2 saturated heterocycles. The summed E-state index contributed by atoms with van der Waals surface area (Å²) >= 11 is 0. The largest absolute Gasteiger partial charge is 0.490 e. The van der Waals surface area contributed by atoms with E-state index in [1.165, 1.54) is 24.0 Å². The third-order valence-corrected chi connectivity index (χ3v) is 8.21. The van der Waals surface area contributed by atoms with Gasteiger partial charge in [0.05, 0.1) is 0 Å². The number of rotatable bonds is 10. The molecule has 3 aromatic carbocycles. The maximum atomic E-state index is 12.7. The summed E-state index contributed by atoms with van der Waals surface area (Å²) in [5.41, 5.74) is 3.40. The summed E-state index contributed by atoms with van der Waals surface area (Å²) < 4.78 is 6.36. The van der Waals surface area contributed by atoms with E-state index in [2.05, 4.69) is 82.8 Å². The molecule has 0 bridgehead atoms. The van der Waals surface area contributed by atoms with Crippen LogP contribution in [0.1, 0.15) is 59.5 Å². The van der Waals surface area contributed by atoms with Crippen LogP contribution < -0.4 is 10.1 Å². The maximum absolute atomic E-state index is 12.7. The number of hydrogen-bond acceptors (Lipinski definition) is 4. The van der Waals surface area contributed by atoms with Gasteiger partial charge >= 0.3 is 0 Å². The van der Waals surface area contributed by atoms with Crippen molar-refractivity contribution in [2.24, 2.45) is 0 Å². The van der Waals surface area contributed by atoms with Crippen molar-refractivity contribution < 1.29 is 9.53 Å². The van der Waals surface area contributed by atoms with Crippen LogP contribution in [0.15, 0.2) is 84.9 Å². The number of hydrogen-bond donors (Lipinski definition) is 1. The molecule has 5 heteroatoms. The average Bonchev–Trinajstić information content (AvgIpc) is 3.38. The molecule has 0 saturated carbocycles. The number of ether oxygens (including phenoxy) is 1. The summed E-state index contributed by atoms with van der Waals surface area (Å²) in [6.07, 6.45) is 5.64. The number of benzene rings is 3. The zero-order chi connectivity index (χ0) is 26.2. The number of piperidine rings is 1. The Labute approximate surface area is 227 Å². The second-order valence-electron chi connectivity index (χ2n) is 10.8. The van der Waals surface area contributed by atoms with E-state index in [4.69, 9.17) is 4.74 Å². The van der Waals surface area contributed by atoms with E-state index in [0.29, 0.717) is 24.1 Å². The van der Waals surface area contributed by atoms with Gasteiger partial charge in [-0.15, -0.1) is 0 Å². The summed E-state index contributed by atoms with van der Waals surface area (Å²) in [7, 11) is 2.18. The summed E-state index contributed by atoms with van der Waals surface area (Å²) in [6.45, 7) is 4.90. The van der Waals surface area contributed by atoms with E-state index in [1.54, 1.807) is 0 Å². The first-order chi connectivity index (χ1) is 18.7. The van der Waals surface area contributed by atoms with E-state index in [9.17, 15) is 4.79 Å². The highest BCUT2D eigenvalue weighted by atomic mass is 16.5. The Balaban J connectivity index is 1.11. The Morgan fingerprint density at radius 1 is 0.895 bits per heavy atom. The lowest BCUT2D eigenvalue weighted by atomic mass is 9.90. The predicted molar refractivity (Wildman–Crippen MR) is 154 cm³/mol. The van der Waals surface area contributed by atoms with Crippen LogP contribution in [0.5, 0.6) is 5.75 Å². The highest BCUT2D eigenvalue weighted by Crippen LogP contribution is 2.28. The molecule has 200 valence electrons. The van der Waals surface area contributed by atoms with E-state index in [0.717, 1.165) is 51.2 Å². The van der Waals surface area contributed by atoms with Crippen molar-refractivity contribution in [1.29, 1.82) is 0 Å². The van der Waals surface area contributed by atoms with Crippen LogP contribution in [0.4, 0.5) is 0 Å². The highest BCUT2D eigenvalue weighted by Gasteiger charge is 2.25. The van der Waals surface area contributed by atoms with Crippen molar-refractivity contribution in [2.75, 3.05) is 39.8 Å². The van der Waals surface area contributed by atoms with E-state index < -0.39 is 0 Å². The van der Waals surface area contributed by atoms with Crippen molar-refractivity contribution >= 4 is 5.91 Å². The fourth-order valence-electron chi connectivity index (χ4n) is 5.94. The Kier molecular flexibility index (Phi) is 9.11. The van der Waals surface area contributed by atoms with Crippen LogP contribution in [-0.4, -0.2) is 67.6 Å². The zero-order valence-electron chi connectivity index (χ0n) is 22.6. The van der Waals surface area contributed by atoms with Crippen molar-refractivity contribution in [3.05, 3.63) is 102 Å². The van der Waals surface area contributed by atoms with E-state index in [-0.39, 0.29) is 12.0 Å². The molecular formula is C33H41N3O2. The van der Waals surface area contributed by atoms with Gasteiger partial charge in [-0.2, -0.15) is 0 Å². The third-order valence-electron chi connectivity index (χ3n) is 8.21. The van der Waals surface area contributed by atoms with Crippen LogP contribution >= 0.6 is 0 Å². The number of carbonyl (C=O) groups excluding carboxylic acids is 1. The van der Waals surface area contributed by atoms with Crippen LogP contribution in [0.25, 0.3) is 0 Å². The Hall–Kier alpha value is -3.15. The number of amides is 1. The van der Waals surface area contributed by atoms with Gasteiger partial charge < -0.3 is 19.9 Å². The number of nitrogens with one attached hydrogen (secondary N) is 1. The Morgan fingerprint density at radius 3 is 2.21 bits per heavy atom. The Bertz CT molecular complexity index is 1110. The van der Waals surface area contributed by atoms with Crippen molar-refractivity contribution in [1.82, 2.24) is 15.1 Å². The van der Waals surface area contributed by atoms with E-state index >= 15 is 0 Å². The molecule has 5 rings (SSSR count). The molecule has 2 fully saturated rings. The SMILES string of the molecule is CN1CCCC1CCNC(=O)c1cccc(OC2CCN(CC(c3ccccc3)c3ccccc3)CC2)c1. The van der Waals surface area contributed by atoms with Crippen molar-refractivity contribution in [2.45, 2.75) is 50.2 Å². The monoisotopic (exact) mass is 511 g/mol. The van der Waals surface area contributed by atoms with Gasteiger partial charge in [0.2, 0.25) is 0 Å². The van der Waals surface area contributed by atoms with E-state index in [1.807, 2.05) is 24.3 Å². The van der Waals surface area contributed by atoms with Gasteiger partial charge in [0.1, 0.15) is 11.9 Å². The highest BCUT2D eigenvalue weighted by molar-refractivity contribution is 5.94. The van der Waals surface area contributed by atoms with Crippen LogP contribution in [-0.2, 0) is 0 Å². The molecule has 0 aromatic heterocycles. The third kappa shape index (κ3) is 7.03. The first kappa shape index (κ1) is 26.5. The minimum atomic E-state index is -0.0150. The van der Waals surface area contributed by atoms with Crippen LogP contribution in [0, 0.1) is 0 Å². The molecule has 0 spiro atoms. The molecule has 3 aromatic rings. The molecule has 1 unspecified atom stereocenters. The topological polar surface area (TPSA) is 44.8 Å². The predicted octanol–water partition coefficient (Wildman–Crippen LogP) is 5.58. The van der Waals surface area contributed by atoms with Gasteiger partial charge in [-0.3, -0.25) is 4.79 Å². The fourth-order valence-corrected chi connectivity index (χ4v) is 5.94. The molecule has 1 amide bonds. The van der Waals surface area contributed by atoms with Crippen molar-refractivity contribution in [3.63, 3.8) is 0 Å². The molecule has 2 aliphatic rings. The molecule has 2 heterocycles. The molecule has 0 radical (unpaired) electrons. The normalized spacial score (nSPS) is 19.1. The molecular weight excluding hydrogens is 470 g/mol. The summed E-state index contributed by atoms with van der Waals surface area (Å²) in [5, 5.41) is 3.10. The minimum Gasteiger partial charge on any atom is -0.490 e. The summed E-state index contributed by atoms with van der Waals surface area (Å²) in [5.74, 6) is 1.14. The first-order valence-electron chi connectivity index (χ1n) is 14.2. The fraction of sp³-hybridized carbons (Fsp3) is 0.424. The molecule has 5 nitrogen and oxygen atoms in total. The summed E-state index contributed by atoms with van der Waals surface area (Å²) in [6, 6.07) is 29.9. The first-order valence-corrected chi connectivity index (χ1v) is 14.2. The molecule has 2 aliphatic heterocycles. The van der Waals surface area contributed by atoms with Crippen LogP contribution in [0.2, 0.25) is 0 Å². The van der Waals surface area contributed by atoms with Gasteiger partial charge in [-0.1, -0.05) is 66.7 Å². The lowest BCUT2D eigenvalue weighted by Gasteiger charge is -2.34. The van der Waals surface area contributed by atoms with Gasteiger partial charge in [-0.25, -0.2) is 0 Å². The summed E-state index contributed by atoms with van der Waals surface area (Å²) in [4.78, 5) is 17.7. The zero-order valence-corrected chi connectivity index (χ0v) is 22.6. The van der Waals surface area contributed by atoms with Crippen molar-refractivity contribution in [3.8, 4) is 5.75 Å². The maximum Gasteiger partial charge on any atom is 0.251 e. The van der Waals surface area contributed by atoms with Gasteiger partial charge in [0.15, 0.2) is 0 Å². The Morgan fingerprint density at radius 2 is 1.58 bits per heavy atom. The van der Waals surface area contributed by atoms with Gasteiger partial charge in [0, 0.05) is 43.7 Å². The molecule has 1 atom stereocenters. The smallest absolute Gasteiger partial charge is 0.251 e. The average molecular weight is 512 g/mol. The quantitative estimate of drug-likeness (QED) is 0.386. The lowest BCUT2D eigenvalue weighted by Crippen LogP contribution is -2.40. The molecule has 1 N–H and O–H groups in total. The molecule has 38 heavy (non-hydrogen) atoms. The second-order valence-corrected chi connectivity index (χ2v) is 10.8. The van der Waals surface area contributed by atoms with Crippen LogP contribution in [0.3, 0.4) is 0 Å². The number of likely N-dealkylation sites (tertiary alicyclic amines) is 2. The van der Waals surface area contributed by atoms with Gasteiger partial charge in [-0.05, 0) is 75.0 Å². The standard InChI is InChI=1S/C33H41N3O2/c1-35-21-9-15-29(35)17-20-34-33(37)28-14-8-16-31(24-28)38-30-18-22-36(23-19-30)25-32(26-10-4-2-5-11-26)27-12-6-3-7-13-27/h2-8,10-14,16,24,29-30,32H,9,15,17-23,25H2,1H3,(H,34,37). The number of carbonyl (C=O) groups is 1.